The van der Waals surface area contributed by atoms with Crippen LogP contribution < -0.4 is 5.73 Å². The maximum atomic E-state index is 6.34. The highest BCUT2D eigenvalue weighted by Gasteiger charge is 2.36. The van der Waals surface area contributed by atoms with Gasteiger partial charge in [-0.2, -0.15) is 4.98 Å². The van der Waals surface area contributed by atoms with Crippen molar-refractivity contribution in [2.24, 2.45) is 5.73 Å². The van der Waals surface area contributed by atoms with Crippen molar-refractivity contribution in [3.8, 4) is 11.4 Å². The third kappa shape index (κ3) is 2.36. The van der Waals surface area contributed by atoms with E-state index >= 15 is 0 Å². The third-order valence-electron chi connectivity index (χ3n) is 4.18. The van der Waals surface area contributed by atoms with Gasteiger partial charge in [0.15, 0.2) is 0 Å². The SMILES string of the molecule is CC(C)c1ccc(-c2noc(C3(N)CCCC3)n2)cc1. The normalized spacial score (nSPS) is 17.8. The highest BCUT2D eigenvalue weighted by molar-refractivity contribution is 5.55. The van der Waals surface area contributed by atoms with Crippen molar-refractivity contribution in [1.82, 2.24) is 10.1 Å². The van der Waals surface area contributed by atoms with Crippen LogP contribution in [-0.4, -0.2) is 10.1 Å². The first-order valence-electron chi connectivity index (χ1n) is 7.32. The minimum atomic E-state index is -0.414. The Balaban J connectivity index is 1.86. The summed E-state index contributed by atoms with van der Waals surface area (Å²) < 4.78 is 5.40. The molecular formula is C16H21N3O. The Hall–Kier alpha value is -1.68. The summed E-state index contributed by atoms with van der Waals surface area (Å²) in [6.45, 7) is 4.36. The highest BCUT2D eigenvalue weighted by atomic mass is 16.5. The smallest absolute Gasteiger partial charge is 0.247 e. The van der Waals surface area contributed by atoms with Crippen LogP contribution in [0.4, 0.5) is 0 Å². The van der Waals surface area contributed by atoms with Gasteiger partial charge in [0.1, 0.15) is 0 Å². The van der Waals surface area contributed by atoms with Crippen molar-refractivity contribution in [1.29, 1.82) is 0 Å². The first-order chi connectivity index (χ1) is 9.58. The standard InChI is InChI=1S/C16H21N3O/c1-11(2)12-5-7-13(8-6-12)14-18-15(20-19-14)16(17)9-3-4-10-16/h5-8,11H,3-4,9-10,17H2,1-2H3. The Morgan fingerprint density at radius 1 is 1.15 bits per heavy atom. The first kappa shape index (κ1) is 13.3. The van der Waals surface area contributed by atoms with Gasteiger partial charge in [-0.1, -0.05) is 56.1 Å². The average Bonchev–Trinajstić information content (AvgIpc) is 3.08. The van der Waals surface area contributed by atoms with Gasteiger partial charge in [0.25, 0.3) is 0 Å². The van der Waals surface area contributed by atoms with Gasteiger partial charge in [0.05, 0.1) is 5.54 Å². The molecule has 1 aliphatic rings. The molecule has 2 N–H and O–H groups in total. The Morgan fingerprint density at radius 2 is 1.80 bits per heavy atom. The van der Waals surface area contributed by atoms with Crippen molar-refractivity contribution in [3.05, 3.63) is 35.7 Å². The van der Waals surface area contributed by atoms with Crippen LogP contribution in [0.2, 0.25) is 0 Å². The summed E-state index contributed by atoms with van der Waals surface area (Å²) in [6, 6.07) is 8.32. The number of hydrogen-bond donors (Lipinski definition) is 1. The maximum absolute atomic E-state index is 6.34. The lowest BCUT2D eigenvalue weighted by atomic mass is 9.99. The molecule has 0 amide bonds. The molecule has 0 atom stereocenters. The molecule has 2 aromatic rings. The number of benzene rings is 1. The van der Waals surface area contributed by atoms with E-state index in [9.17, 15) is 0 Å². The molecule has 1 fully saturated rings. The minimum Gasteiger partial charge on any atom is -0.337 e. The molecule has 1 aromatic heterocycles. The van der Waals surface area contributed by atoms with Gasteiger partial charge >= 0.3 is 0 Å². The molecule has 4 nitrogen and oxygen atoms in total. The van der Waals surface area contributed by atoms with Crippen molar-refractivity contribution >= 4 is 0 Å². The van der Waals surface area contributed by atoms with Gasteiger partial charge < -0.3 is 10.3 Å². The van der Waals surface area contributed by atoms with Gasteiger partial charge in [0, 0.05) is 5.56 Å². The molecule has 1 saturated carbocycles. The zero-order valence-corrected chi connectivity index (χ0v) is 12.1. The van der Waals surface area contributed by atoms with E-state index in [2.05, 4.69) is 36.1 Å². The summed E-state index contributed by atoms with van der Waals surface area (Å²) in [5.74, 6) is 1.74. The van der Waals surface area contributed by atoms with Crippen LogP contribution in [0.25, 0.3) is 11.4 Å². The van der Waals surface area contributed by atoms with Crippen molar-refractivity contribution in [2.45, 2.75) is 51.0 Å². The second kappa shape index (κ2) is 5.02. The number of nitrogens with two attached hydrogens (primary N) is 1. The summed E-state index contributed by atoms with van der Waals surface area (Å²) in [6.07, 6.45) is 4.14. The summed E-state index contributed by atoms with van der Waals surface area (Å²) in [7, 11) is 0. The van der Waals surface area contributed by atoms with E-state index in [-0.39, 0.29) is 0 Å². The molecule has 3 rings (SSSR count). The van der Waals surface area contributed by atoms with Crippen LogP contribution in [0.15, 0.2) is 28.8 Å². The van der Waals surface area contributed by atoms with Crippen molar-refractivity contribution in [3.63, 3.8) is 0 Å². The molecule has 1 aliphatic carbocycles. The Kier molecular flexibility index (Phi) is 3.34. The van der Waals surface area contributed by atoms with Crippen LogP contribution in [0.1, 0.15) is 56.9 Å². The van der Waals surface area contributed by atoms with Crippen LogP contribution >= 0.6 is 0 Å². The number of aromatic nitrogens is 2. The lowest BCUT2D eigenvalue weighted by molar-refractivity contribution is 0.285. The maximum Gasteiger partial charge on any atom is 0.247 e. The molecule has 0 bridgehead atoms. The Bertz CT molecular complexity index is 580. The van der Waals surface area contributed by atoms with Gasteiger partial charge in [-0.05, 0) is 24.3 Å². The zero-order chi connectivity index (χ0) is 14.2. The second-order valence-electron chi connectivity index (χ2n) is 6.06. The zero-order valence-electron chi connectivity index (χ0n) is 12.1. The second-order valence-corrected chi connectivity index (χ2v) is 6.06. The van der Waals surface area contributed by atoms with E-state index in [1.165, 1.54) is 5.56 Å². The van der Waals surface area contributed by atoms with E-state index in [1.54, 1.807) is 0 Å². The third-order valence-corrected chi connectivity index (χ3v) is 4.18. The van der Waals surface area contributed by atoms with E-state index in [0.717, 1.165) is 31.2 Å². The van der Waals surface area contributed by atoms with E-state index < -0.39 is 5.54 Å². The van der Waals surface area contributed by atoms with Gasteiger partial charge in [-0.3, -0.25) is 0 Å². The van der Waals surface area contributed by atoms with Crippen molar-refractivity contribution in [2.75, 3.05) is 0 Å². The summed E-state index contributed by atoms with van der Waals surface area (Å²) >= 11 is 0. The average molecular weight is 271 g/mol. The fraction of sp³-hybridized carbons (Fsp3) is 0.500. The summed E-state index contributed by atoms with van der Waals surface area (Å²) in [5.41, 5.74) is 8.21. The Labute approximate surface area is 119 Å². The highest BCUT2D eigenvalue weighted by Crippen LogP contribution is 2.36. The van der Waals surface area contributed by atoms with Crippen molar-refractivity contribution < 1.29 is 4.52 Å². The molecular weight excluding hydrogens is 250 g/mol. The molecule has 0 spiro atoms. The molecule has 20 heavy (non-hydrogen) atoms. The Morgan fingerprint density at radius 3 is 2.40 bits per heavy atom. The number of nitrogens with zero attached hydrogens (tertiary/aromatic N) is 2. The molecule has 0 saturated heterocycles. The molecule has 1 aromatic carbocycles. The predicted molar refractivity (Wildman–Crippen MR) is 78.2 cm³/mol. The quantitative estimate of drug-likeness (QED) is 0.926. The monoisotopic (exact) mass is 271 g/mol. The fourth-order valence-corrected chi connectivity index (χ4v) is 2.78. The van der Waals surface area contributed by atoms with E-state index in [4.69, 9.17) is 10.3 Å². The first-order valence-corrected chi connectivity index (χ1v) is 7.32. The molecule has 0 aliphatic heterocycles. The predicted octanol–water partition coefficient (Wildman–Crippen LogP) is 3.59. The van der Waals surface area contributed by atoms with Crippen LogP contribution in [0.3, 0.4) is 0 Å². The van der Waals surface area contributed by atoms with Crippen LogP contribution in [0.5, 0.6) is 0 Å². The molecule has 106 valence electrons. The van der Waals surface area contributed by atoms with Gasteiger partial charge in [-0.25, -0.2) is 0 Å². The molecule has 4 heteroatoms. The molecule has 1 heterocycles. The summed E-state index contributed by atoms with van der Waals surface area (Å²) in [4.78, 5) is 4.51. The summed E-state index contributed by atoms with van der Waals surface area (Å²) in [5, 5.41) is 4.08. The molecule has 0 radical (unpaired) electrons. The van der Waals surface area contributed by atoms with Gasteiger partial charge in [0.2, 0.25) is 11.7 Å². The minimum absolute atomic E-state index is 0.414. The van der Waals surface area contributed by atoms with Crippen LogP contribution in [-0.2, 0) is 5.54 Å². The topological polar surface area (TPSA) is 64.9 Å². The lowest BCUT2D eigenvalue weighted by Gasteiger charge is -2.17. The number of rotatable bonds is 3. The van der Waals surface area contributed by atoms with E-state index in [0.29, 0.717) is 17.6 Å². The lowest BCUT2D eigenvalue weighted by Crippen LogP contribution is -2.33. The number of hydrogen-bond acceptors (Lipinski definition) is 4. The largest absolute Gasteiger partial charge is 0.337 e. The van der Waals surface area contributed by atoms with E-state index in [1.807, 2.05) is 12.1 Å². The fourth-order valence-electron chi connectivity index (χ4n) is 2.78. The van der Waals surface area contributed by atoms with Gasteiger partial charge in [-0.15, -0.1) is 0 Å². The van der Waals surface area contributed by atoms with Crippen LogP contribution in [0, 0.1) is 0 Å². The molecule has 0 unspecified atom stereocenters.